The molecule has 1 aromatic carbocycles. The lowest BCUT2D eigenvalue weighted by atomic mass is 10.1. The average Bonchev–Trinajstić information content (AvgIpc) is 2.56. The zero-order valence-corrected chi connectivity index (χ0v) is 13.2. The number of aryl methyl sites for hydroxylation is 1. The first-order valence-electron chi connectivity index (χ1n) is 7.41. The van der Waals surface area contributed by atoms with E-state index in [1.807, 2.05) is 38.1 Å². The number of carboxylic acid groups (broad SMARTS) is 1. The zero-order chi connectivity index (χ0) is 16.8. The summed E-state index contributed by atoms with van der Waals surface area (Å²) in [6, 6.07) is 7.99. The fourth-order valence-corrected chi connectivity index (χ4v) is 2.15. The van der Waals surface area contributed by atoms with Crippen molar-refractivity contribution < 1.29 is 14.7 Å². The highest BCUT2D eigenvalue weighted by atomic mass is 16.4. The number of benzene rings is 1. The lowest BCUT2D eigenvalue weighted by molar-refractivity contribution is 0.0684. The Morgan fingerprint density at radius 1 is 1.09 bits per heavy atom. The highest BCUT2D eigenvalue weighted by Crippen LogP contribution is 2.10. The predicted octanol–water partition coefficient (Wildman–Crippen LogP) is 2.54. The Kier molecular flexibility index (Phi) is 5.41. The molecular formula is C17H19N3O3. The van der Waals surface area contributed by atoms with Crippen molar-refractivity contribution in [3.8, 4) is 0 Å². The molecule has 120 valence electrons. The molecular weight excluding hydrogens is 294 g/mol. The molecule has 2 aromatic rings. The van der Waals surface area contributed by atoms with Crippen LogP contribution in [0, 0.1) is 6.92 Å². The molecule has 0 fully saturated rings. The van der Waals surface area contributed by atoms with Crippen LogP contribution in [0.2, 0.25) is 0 Å². The van der Waals surface area contributed by atoms with Gasteiger partial charge in [-0.2, -0.15) is 0 Å². The summed E-state index contributed by atoms with van der Waals surface area (Å²) in [5.41, 5.74) is 2.17. The van der Waals surface area contributed by atoms with Crippen LogP contribution in [-0.4, -0.2) is 38.4 Å². The number of carbonyl (C=O) groups is 2. The number of rotatable bonds is 6. The van der Waals surface area contributed by atoms with Crippen molar-refractivity contribution in [2.24, 2.45) is 0 Å². The van der Waals surface area contributed by atoms with Gasteiger partial charge in [0.25, 0.3) is 5.91 Å². The van der Waals surface area contributed by atoms with E-state index in [1.165, 1.54) is 6.20 Å². The van der Waals surface area contributed by atoms with Crippen LogP contribution in [0.3, 0.4) is 0 Å². The Morgan fingerprint density at radius 2 is 1.70 bits per heavy atom. The van der Waals surface area contributed by atoms with Gasteiger partial charge in [-0.05, 0) is 18.9 Å². The summed E-state index contributed by atoms with van der Waals surface area (Å²) < 4.78 is 0. The van der Waals surface area contributed by atoms with Gasteiger partial charge in [0.05, 0.1) is 12.4 Å². The summed E-state index contributed by atoms with van der Waals surface area (Å²) in [6.07, 6.45) is 3.13. The average molecular weight is 313 g/mol. The molecule has 0 radical (unpaired) electrons. The second kappa shape index (κ2) is 7.49. The van der Waals surface area contributed by atoms with Crippen molar-refractivity contribution in [1.82, 2.24) is 14.9 Å². The molecule has 0 atom stereocenters. The van der Waals surface area contributed by atoms with E-state index in [-0.39, 0.29) is 17.3 Å². The zero-order valence-electron chi connectivity index (χ0n) is 13.2. The molecule has 1 heterocycles. The molecule has 0 aliphatic heterocycles. The van der Waals surface area contributed by atoms with Gasteiger partial charge in [-0.25, -0.2) is 14.8 Å². The third kappa shape index (κ3) is 4.35. The van der Waals surface area contributed by atoms with Gasteiger partial charge in [0.15, 0.2) is 5.69 Å². The third-order valence-corrected chi connectivity index (χ3v) is 3.36. The van der Waals surface area contributed by atoms with Gasteiger partial charge in [0.1, 0.15) is 5.69 Å². The predicted molar refractivity (Wildman–Crippen MR) is 85.2 cm³/mol. The molecule has 1 amide bonds. The fourth-order valence-electron chi connectivity index (χ4n) is 2.15. The number of hydrogen-bond acceptors (Lipinski definition) is 4. The van der Waals surface area contributed by atoms with Crippen molar-refractivity contribution in [3.63, 3.8) is 0 Å². The number of aromatic nitrogens is 2. The molecule has 6 nitrogen and oxygen atoms in total. The first kappa shape index (κ1) is 16.6. The summed E-state index contributed by atoms with van der Waals surface area (Å²) in [4.78, 5) is 32.7. The molecule has 0 saturated heterocycles. The maximum atomic E-state index is 12.6. The number of carbonyl (C=O) groups excluding carboxylic acids is 1. The van der Waals surface area contributed by atoms with E-state index in [0.29, 0.717) is 13.1 Å². The molecule has 23 heavy (non-hydrogen) atoms. The quantitative estimate of drug-likeness (QED) is 0.886. The van der Waals surface area contributed by atoms with Gasteiger partial charge in [0.2, 0.25) is 0 Å². The van der Waals surface area contributed by atoms with E-state index >= 15 is 0 Å². The second-order valence-electron chi connectivity index (χ2n) is 5.30. The lowest BCUT2D eigenvalue weighted by Crippen LogP contribution is -2.32. The third-order valence-electron chi connectivity index (χ3n) is 3.36. The number of hydrogen-bond donors (Lipinski definition) is 1. The summed E-state index contributed by atoms with van der Waals surface area (Å²) in [5, 5.41) is 8.83. The number of nitrogens with zero attached hydrogens (tertiary/aromatic N) is 3. The van der Waals surface area contributed by atoms with Crippen molar-refractivity contribution >= 4 is 11.9 Å². The van der Waals surface area contributed by atoms with Gasteiger partial charge >= 0.3 is 5.97 Å². The van der Waals surface area contributed by atoms with Crippen LogP contribution < -0.4 is 0 Å². The lowest BCUT2D eigenvalue weighted by Gasteiger charge is -2.21. The largest absolute Gasteiger partial charge is 0.476 e. The van der Waals surface area contributed by atoms with Crippen LogP contribution in [0.1, 0.15) is 45.4 Å². The van der Waals surface area contributed by atoms with Gasteiger partial charge in [-0.1, -0.05) is 36.8 Å². The first-order chi connectivity index (χ1) is 11.0. The minimum absolute atomic E-state index is 0.149. The number of amides is 1. The van der Waals surface area contributed by atoms with E-state index in [2.05, 4.69) is 9.97 Å². The van der Waals surface area contributed by atoms with Crippen molar-refractivity contribution in [2.75, 3.05) is 6.54 Å². The monoisotopic (exact) mass is 313 g/mol. The van der Waals surface area contributed by atoms with Crippen LogP contribution in [0.4, 0.5) is 0 Å². The Bertz CT molecular complexity index is 681. The van der Waals surface area contributed by atoms with Crippen LogP contribution in [0.25, 0.3) is 0 Å². The standard InChI is InChI=1S/C17H19N3O3/c1-3-8-20(11-13-6-4-12(2)5-7-13)16(21)14-9-19-15(10-18-14)17(22)23/h4-7,9-10H,3,8,11H2,1-2H3,(H,22,23). The highest BCUT2D eigenvalue weighted by molar-refractivity contribution is 5.92. The highest BCUT2D eigenvalue weighted by Gasteiger charge is 2.18. The topological polar surface area (TPSA) is 83.4 Å². The minimum Gasteiger partial charge on any atom is -0.476 e. The molecule has 0 spiro atoms. The Labute approximate surface area is 134 Å². The molecule has 6 heteroatoms. The number of aromatic carboxylic acids is 1. The molecule has 0 unspecified atom stereocenters. The van der Waals surface area contributed by atoms with E-state index in [9.17, 15) is 9.59 Å². The summed E-state index contributed by atoms with van der Waals surface area (Å²) in [7, 11) is 0. The normalized spacial score (nSPS) is 10.3. The van der Waals surface area contributed by atoms with E-state index < -0.39 is 5.97 Å². The van der Waals surface area contributed by atoms with Crippen molar-refractivity contribution in [3.05, 3.63) is 59.2 Å². The molecule has 0 bridgehead atoms. The minimum atomic E-state index is -1.17. The maximum Gasteiger partial charge on any atom is 0.356 e. The molecule has 1 aromatic heterocycles. The Morgan fingerprint density at radius 3 is 2.22 bits per heavy atom. The smallest absolute Gasteiger partial charge is 0.356 e. The summed E-state index contributed by atoms with van der Waals surface area (Å²) in [6.45, 7) is 5.08. The molecule has 2 rings (SSSR count). The van der Waals surface area contributed by atoms with E-state index in [4.69, 9.17) is 5.11 Å². The summed E-state index contributed by atoms with van der Waals surface area (Å²) in [5.74, 6) is -1.42. The van der Waals surface area contributed by atoms with Crippen molar-refractivity contribution in [2.45, 2.75) is 26.8 Å². The van der Waals surface area contributed by atoms with Crippen LogP contribution in [-0.2, 0) is 6.54 Å². The Balaban J connectivity index is 2.17. The van der Waals surface area contributed by atoms with Crippen LogP contribution >= 0.6 is 0 Å². The van der Waals surface area contributed by atoms with Crippen LogP contribution in [0.15, 0.2) is 36.7 Å². The molecule has 0 aliphatic carbocycles. The van der Waals surface area contributed by atoms with E-state index in [1.54, 1.807) is 4.90 Å². The summed E-state index contributed by atoms with van der Waals surface area (Å²) >= 11 is 0. The number of carboxylic acids is 1. The van der Waals surface area contributed by atoms with Gasteiger partial charge < -0.3 is 10.0 Å². The van der Waals surface area contributed by atoms with Gasteiger partial charge in [0, 0.05) is 13.1 Å². The van der Waals surface area contributed by atoms with Crippen molar-refractivity contribution in [1.29, 1.82) is 0 Å². The van der Waals surface area contributed by atoms with Crippen LogP contribution in [0.5, 0.6) is 0 Å². The van der Waals surface area contributed by atoms with E-state index in [0.717, 1.165) is 23.7 Å². The molecule has 0 saturated carbocycles. The van der Waals surface area contributed by atoms with Gasteiger partial charge in [-0.3, -0.25) is 4.79 Å². The fraction of sp³-hybridized carbons (Fsp3) is 0.294. The molecule has 0 aliphatic rings. The Hall–Kier alpha value is -2.76. The first-order valence-corrected chi connectivity index (χ1v) is 7.41. The second-order valence-corrected chi connectivity index (χ2v) is 5.30. The maximum absolute atomic E-state index is 12.6. The van der Waals surface area contributed by atoms with Gasteiger partial charge in [-0.15, -0.1) is 0 Å². The molecule has 1 N–H and O–H groups in total. The SMILES string of the molecule is CCCN(Cc1ccc(C)cc1)C(=O)c1cnc(C(=O)O)cn1.